The first-order chi connectivity index (χ1) is 34.8. The van der Waals surface area contributed by atoms with Crippen molar-refractivity contribution in [3.8, 4) is 11.4 Å². The smallest absolute Gasteiger partial charge is 0.368 e. The number of halogens is 4. The number of hydrogen-bond donors (Lipinski definition) is 5. The molecular formula is C48H60F4N18O3. The van der Waals surface area contributed by atoms with Crippen molar-refractivity contribution >= 4 is 41.0 Å². The van der Waals surface area contributed by atoms with Crippen molar-refractivity contribution in [2.45, 2.75) is 121 Å². The van der Waals surface area contributed by atoms with Gasteiger partial charge in [0.05, 0.1) is 35.1 Å². The lowest BCUT2D eigenvalue weighted by atomic mass is 9.84. The molecule has 25 heteroatoms. The summed E-state index contributed by atoms with van der Waals surface area (Å²) in [4.78, 5) is 46.4. The molecule has 0 amide bonds. The number of fused-ring (bicyclic) bond motifs is 2. The largest absolute Gasteiger partial charge is 0.396 e. The Balaban J connectivity index is 0.000000180. The number of aliphatic hydroxyl groups is 1. The van der Waals surface area contributed by atoms with Crippen LogP contribution < -0.4 is 32.6 Å². The van der Waals surface area contributed by atoms with Crippen molar-refractivity contribution in [1.82, 2.24) is 69.3 Å². The zero-order valence-corrected chi connectivity index (χ0v) is 41.6. The van der Waals surface area contributed by atoms with E-state index in [-0.39, 0.29) is 82.5 Å². The molecule has 0 spiro atoms. The Hall–Kier alpha value is -7.12. The van der Waals surface area contributed by atoms with Crippen LogP contribution in [0.25, 0.3) is 17.5 Å². The van der Waals surface area contributed by atoms with Crippen LogP contribution in [0, 0.1) is 23.3 Å². The maximum atomic E-state index is 15.0. The van der Waals surface area contributed by atoms with E-state index in [1.54, 1.807) is 0 Å². The van der Waals surface area contributed by atoms with Gasteiger partial charge in [0.1, 0.15) is 11.6 Å². The van der Waals surface area contributed by atoms with Crippen molar-refractivity contribution in [1.29, 1.82) is 0 Å². The minimum atomic E-state index is -0.651. The van der Waals surface area contributed by atoms with E-state index in [4.69, 9.17) is 0 Å². The van der Waals surface area contributed by atoms with E-state index < -0.39 is 34.6 Å². The molecule has 0 saturated carbocycles. The fourth-order valence-electron chi connectivity index (χ4n) is 11.1. The third kappa shape index (κ3) is 10.6. The highest BCUT2D eigenvalue weighted by molar-refractivity contribution is 5.68. The van der Waals surface area contributed by atoms with Crippen LogP contribution in [0.1, 0.15) is 90.2 Å². The molecule has 2 aromatic carbocycles. The lowest BCUT2D eigenvalue weighted by Gasteiger charge is -2.47. The van der Waals surface area contributed by atoms with Gasteiger partial charge in [0.25, 0.3) is 0 Å². The standard InChI is InChI=1S/C24H31F2N9O2.C24H29F2N9O/c1-24(2)12-15(10-16-5-4-7-34(16)24)28-21-18(26)13-27-22(30-21)29-19-11-20(14(6-8-36)9-17(19)25)35-23(37)33(3)31-32-35;1-5-14-9-17(25)19(11-20(14)35-23(36)33(4)31-32-35)29-22-27-13-18(26)21(30-22)28-15-10-16-7-6-8-34(16)24(2,3)12-15/h9,11,13,15-16,36H,4-8,10,12H2,1-3H3,(H2,27,28,29,30);5,9,11,13,15-16H,1,6-8,10,12H2,2-4H3,(H2,27,28,29,30)/t2*15-,16+/m11/s1. The van der Waals surface area contributed by atoms with Gasteiger partial charge in [0.2, 0.25) is 11.9 Å². The zero-order valence-electron chi connectivity index (χ0n) is 41.6. The highest BCUT2D eigenvalue weighted by atomic mass is 19.1. The third-order valence-electron chi connectivity index (χ3n) is 14.4. The number of nitrogens with one attached hydrogen (secondary N) is 4. The highest BCUT2D eigenvalue weighted by Gasteiger charge is 2.44. The van der Waals surface area contributed by atoms with Crippen LogP contribution in [-0.4, -0.2) is 129 Å². The summed E-state index contributed by atoms with van der Waals surface area (Å²) in [6, 6.07) is 6.19. The topological polar surface area (TPSA) is 232 Å². The summed E-state index contributed by atoms with van der Waals surface area (Å²) in [5.41, 5.74) is 0.176. The Morgan fingerprint density at radius 3 is 1.60 bits per heavy atom. The van der Waals surface area contributed by atoms with Crippen molar-refractivity contribution in [3.05, 3.63) is 98.6 Å². The quantitative estimate of drug-likeness (QED) is 0.0916. The molecule has 0 aliphatic carbocycles. The van der Waals surface area contributed by atoms with Gasteiger partial charge in [-0.25, -0.2) is 37.1 Å². The van der Waals surface area contributed by atoms with E-state index in [2.05, 4.69) is 106 Å². The summed E-state index contributed by atoms with van der Waals surface area (Å²) in [5, 5.41) is 36.5. The van der Waals surface area contributed by atoms with Crippen LogP contribution >= 0.6 is 0 Å². The normalized spacial score (nSPS) is 21.2. The SMILES string of the molecule is C=Cc1cc(F)c(Nc2ncc(F)c(N[C@@H]3C[C@@H]4CCCN4C(C)(C)C3)n2)cc1-n1nnn(C)c1=O.Cn1nnn(-c2cc(Nc3ncc(F)c(N[C@@H]4C[C@@H]5CCCN5C(C)(C)C4)n3)c(F)cc2CCO)c1=O. The number of tetrazole rings is 2. The molecule has 4 aliphatic rings. The van der Waals surface area contributed by atoms with Crippen molar-refractivity contribution in [3.63, 3.8) is 0 Å². The van der Waals surface area contributed by atoms with Crippen molar-refractivity contribution in [2.75, 3.05) is 41.0 Å². The van der Waals surface area contributed by atoms with Gasteiger partial charge in [-0.1, -0.05) is 12.7 Å². The Labute approximate surface area is 417 Å². The lowest BCUT2D eigenvalue weighted by Crippen LogP contribution is -2.55. The predicted molar refractivity (Wildman–Crippen MR) is 265 cm³/mol. The van der Waals surface area contributed by atoms with Gasteiger partial charge < -0.3 is 26.4 Å². The number of nitrogens with zero attached hydrogens (tertiary/aromatic N) is 14. The number of aliphatic hydroxyl groups excluding tert-OH is 1. The summed E-state index contributed by atoms with van der Waals surface area (Å²) in [6.07, 6.45) is 11.7. The first-order valence-corrected chi connectivity index (χ1v) is 24.4. The highest BCUT2D eigenvalue weighted by Crippen LogP contribution is 2.40. The third-order valence-corrected chi connectivity index (χ3v) is 14.4. The van der Waals surface area contributed by atoms with E-state index in [0.29, 0.717) is 23.2 Å². The Bertz CT molecular complexity index is 3140. The number of benzene rings is 2. The molecule has 0 radical (unpaired) electrons. The molecule has 8 heterocycles. The molecule has 0 unspecified atom stereocenters. The van der Waals surface area contributed by atoms with Gasteiger partial charge >= 0.3 is 11.4 Å². The average molecular weight is 1010 g/mol. The number of anilines is 6. The van der Waals surface area contributed by atoms with Crippen LogP contribution in [0.4, 0.5) is 52.5 Å². The number of aryl methyl sites for hydroxylation is 2. The van der Waals surface area contributed by atoms with Gasteiger partial charge in [-0.2, -0.15) is 28.7 Å². The van der Waals surface area contributed by atoms with Crippen LogP contribution in [0.15, 0.2) is 52.8 Å². The molecule has 10 rings (SSSR count). The van der Waals surface area contributed by atoms with Gasteiger partial charge in [-0.15, -0.1) is 0 Å². The Morgan fingerprint density at radius 1 is 0.685 bits per heavy atom. The maximum absolute atomic E-state index is 15.0. The van der Waals surface area contributed by atoms with Crippen LogP contribution in [-0.2, 0) is 20.5 Å². The molecule has 5 N–H and O–H groups in total. The molecule has 4 fully saturated rings. The molecule has 4 saturated heterocycles. The number of hydrogen-bond acceptors (Lipinski definition) is 17. The lowest BCUT2D eigenvalue weighted by molar-refractivity contribution is 0.0498. The summed E-state index contributed by atoms with van der Waals surface area (Å²) >= 11 is 0. The van der Waals surface area contributed by atoms with Gasteiger partial charge in [0, 0.05) is 61.5 Å². The minimum absolute atomic E-state index is 0.00404. The number of rotatable bonds is 13. The van der Waals surface area contributed by atoms with E-state index in [1.807, 2.05) is 0 Å². The minimum Gasteiger partial charge on any atom is -0.396 e. The average Bonchev–Trinajstić information content (AvgIpc) is 4.16. The molecule has 4 aromatic heterocycles. The molecule has 388 valence electrons. The molecule has 0 bridgehead atoms. The second-order valence-corrected chi connectivity index (χ2v) is 20.3. The maximum Gasteiger partial charge on any atom is 0.368 e. The van der Waals surface area contributed by atoms with Gasteiger partial charge in [-0.05, 0) is 149 Å². The first kappa shape index (κ1) is 50.8. The van der Waals surface area contributed by atoms with E-state index in [9.17, 15) is 27.9 Å². The molecule has 21 nitrogen and oxygen atoms in total. The molecule has 6 aromatic rings. The summed E-state index contributed by atoms with van der Waals surface area (Å²) in [7, 11) is 2.90. The fourth-order valence-corrected chi connectivity index (χ4v) is 11.1. The monoisotopic (exact) mass is 1010 g/mol. The molecule has 73 heavy (non-hydrogen) atoms. The Kier molecular flexibility index (Phi) is 14.2. The van der Waals surface area contributed by atoms with E-state index >= 15 is 4.39 Å². The number of aromatic nitrogens is 12. The zero-order chi connectivity index (χ0) is 51.9. The Morgan fingerprint density at radius 2 is 1.15 bits per heavy atom. The fraction of sp³-hybridized carbons (Fsp3) is 0.500. The van der Waals surface area contributed by atoms with Crippen molar-refractivity contribution in [2.24, 2.45) is 14.1 Å². The summed E-state index contributed by atoms with van der Waals surface area (Å²) in [5.74, 6) is -2.33. The molecule has 4 atom stereocenters. The predicted octanol–water partition coefficient (Wildman–Crippen LogP) is 5.37. The van der Waals surface area contributed by atoms with E-state index in [1.165, 1.54) is 57.3 Å². The first-order valence-electron chi connectivity index (χ1n) is 24.4. The van der Waals surface area contributed by atoms with Gasteiger partial charge in [-0.3, -0.25) is 9.80 Å². The summed E-state index contributed by atoms with van der Waals surface area (Å²) in [6.45, 7) is 14.5. The number of piperidine rings is 2. The van der Waals surface area contributed by atoms with Crippen LogP contribution in [0.2, 0.25) is 0 Å². The summed E-state index contributed by atoms with van der Waals surface area (Å²) < 4.78 is 63.4. The second-order valence-electron chi connectivity index (χ2n) is 20.3. The van der Waals surface area contributed by atoms with Crippen LogP contribution in [0.3, 0.4) is 0 Å². The van der Waals surface area contributed by atoms with Gasteiger partial charge in [0.15, 0.2) is 23.3 Å². The molecular weight excluding hydrogens is 953 g/mol. The van der Waals surface area contributed by atoms with Crippen LogP contribution in [0.5, 0.6) is 0 Å². The second kappa shape index (κ2) is 20.4. The van der Waals surface area contributed by atoms with Crippen molar-refractivity contribution < 1.29 is 22.7 Å². The molecule has 4 aliphatic heterocycles. The van der Waals surface area contributed by atoms with E-state index in [0.717, 1.165) is 82.7 Å².